The number of piperidine rings is 1. The first-order chi connectivity index (χ1) is 17.4. The number of carbonyl (C=O) groups is 1. The molecule has 3 aromatic rings. The highest BCUT2D eigenvalue weighted by atomic mass is 16.5. The van der Waals surface area contributed by atoms with Crippen molar-refractivity contribution in [1.29, 1.82) is 0 Å². The molecule has 0 saturated carbocycles. The van der Waals surface area contributed by atoms with Gasteiger partial charge in [-0.1, -0.05) is 54.6 Å². The van der Waals surface area contributed by atoms with Gasteiger partial charge in [-0.25, -0.2) is 0 Å². The molecule has 1 amide bonds. The van der Waals surface area contributed by atoms with Gasteiger partial charge in [0.2, 0.25) is 0 Å². The van der Waals surface area contributed by atoms with Gasteiger partial charge in [-0.2, -0.15) is 5.10 Å². The van der Waals surface area contributed by atoms with Crippen molar-refractivity contribution in [3.63, 3.8) is 0 Å². The fraction of sp³-hybridized carbons (Fsp3) is 0.400. The smallest absolute Gasteiger partial charge is 0.272 e. The molecule has 0 spiro atoms. The van der Waals surface area contributed by atoms with Gasteiger partial charge >= 0.3 is 0 Å². The van der Waals surface area contributed by atoms with Gasteiger partial charge in [0.25, 0.3) is 5.91 Å². The molecule has 6 nitrogen and oxygen atoms in total. The van der Waals surface area contributed by atoms with Crippen molar-refractivity contribution >= 4 is 12.0 Å². The van der Waals surface area contributed by atoms with Crippen molar-refractivity contribution in [1.82, 2.24) is 19.6 Å². The molecule has 36 heavy (non-hydrogen) atoms. The third-order valence-corrected chi connectivity index (χ3v) is 7.29. The van der Waals surface area contributed by atoms with Crippen LogP contribution < -0.4 is 4.74 Å². The molecule has 2 heterocycles. The summed E-state index contributed by atoms with van der Waals surface area (Å²) in [5, 5.41) is 4.39. The first kappa shape index (κ1) is 25.7. The number of benzene rings is 2. The van der Waals surface area contributed by atoms with E-state index in [2.05, 4.69) is 58.5 Å². The zero-order valence-electron chi connectivity index (χ0n) is 21.9. The Kier molecular flexibility index (Phi) is 8.60. The van der Waals surface area contributed by atoms with Gasteiger partial charge in [-0.3, -0.25) is 14.4 Å². The lowest BCUT2D eigenvalue weighted by atomic mass is 9.85. The average Bonchev–Trinajstić information content (AvgIpc) is 3.25. The summed E-state index contributed by atoms with van der Waals surface area (Å²) in [6.07, 6.45) is 7.43. The molecular formula is C30H38N4O2. The first-order valence-corrected chi connectivity index (χ1v) is 12.8. The van der Waals surface area contributed by atoms with Crippen LogP contribution >= 0.6 is 0 Å². The number of ether oxygens (including phenoxy) is 1. The van der Waals surface area contributed by atoms with Crippen LogP contribution in [0.2, 0.25) is 0 Å². The second kappa shape index (κ2) is 12.0. The van der Waals surface area contributed by atoms with E-state index in [9.17, 15) is 4.79 Å². The van der Waals surface area contributed by atoms with Gasteiger partial charge < -0.3 is 9.64 Å². The van der Waals surface area contributed by atoms with Crippen molar-refractivity contribution < 1.29 is 9.53 Å². The van der Waals surface area contributed by atoms with Crippen LogP contribution in [0.25, 0.3) is 6.08 Å². The predicted molar refractivity (Wildman–Crippen MR) is 145 cm³/mol. The van der Waals surface area contributed by atoms with Gasteiger partial charge in [-0.05, 0) is 74.5 Å². The van der Waals surface area contributed by atoms with Crippen LogP contribution in [0.1, 0.15) is 40.2 Å². The standard InChI is InChI=1S/C30H38N4O2/c1-23-21-29(33(3)31-23)30(35)32(2)28(22-25-9-6-5-7-10-25)26-16-19-34(20-17-26)18-8-11-24-12-14-27(36-4)15-13-24/h5-15,21,26,28H,16-20,22H2,1-4H3/b11-8+. The Morgan fingerprint density at radius 2 is 1.83 bits per heavy atom. The van der Waals surface area contributed by atoms with Gasteiger partial charge in [0.15, 0.2) is 0 Å². The number of hydrogen-bond acceptors (Lipinski definition) is 4. The minimum Gasteiger partial charge on any atom is -0.497 e. The molecule has 1 atom stereocenters. The summed E-state index contributed by atoms with van der Waals surface area (Å²) >= 11 is 0. The fourth-order valence-electron chi connectivity index (χ4n) is 5.19. The maximum Gasteiger partial charge on any atom is 0.272 e. The molecule has 1 aromatic heterocycles. The molecule has 0 radical (unpaired) electrons. The van der Waals surface area contributed by atoms with Gasteiger partial charge in [-0.15, -0.1) is 0 Å². The van der Waals surface area contributed by atoms with E-state index in [4.69, 9.17) is 4.74 Å². The maximum atomic E-state index is 13.5. The molecule has 0 aliphatic carbocycles. The molecule has 1 aliphatic rings. The molecule has 0 N–H and O–H groups in total. The summed E-state index contributed by atoms with van der Waals surface area (Å²) in [6, 6.07) is 20.7. The first-order valence-electron chi connectivity index (χ1n) is 12.8. The summed E-state index contributed by atoms with van der Waals surface area (Å²) in [7, 11) is 5.49. The Bertz CT molecular complexity index is 1150. The van der Waals surface area contributed by atoms with Gasteiger partial charge in [0.05, 0.1) is 12.8 Å². The average molecular weight is 487 g/mol. The lowest BCUT2D eigenvalue weighted by molar-refractivity contribution is 0.0588. The lowest BCUT2D eigenvalue weighted by Crippen LogP contribution is -2.47. The third kappa shape index (κ3) is 6.43. The van der Waals surface area contributed by atoms with E-state index in [1.54, 1.807) is 11.8 Å². The monoisotopic (exact) mass is 486 g/mol. The number of nitrogens with zero attached hydrogens (tertiary/aromatic N) is 4. The largest absolute Gasteiger partial charge is 0.497 e. The normalized spacial score (nSPS) is 15.8. The maximum absolute atomic E-state index is 13.5. The van der Waals surface area contributed by atoms with E-state index in [-0.39, 0.29) is 11.9 Å². The highest BCUT2D eigenvalue weighted by Gasteiger charge is 2.32. The molecule has 190 valence electrons. The van der Waals surface area contributed by atoms with Crippen LogP contribution in [0.4, 0.5) is 0 Å². The number of aryl methyl sites for hydroxylation is 2. The van der Waals surface area contributed by atoms with E-state index >= 15 is 0 Å². The summed E-state index contributed by atoms with van der Waals surface area (Å²) < 4.78 is 6.94. The summed E-state index contributed by atoms with van der Waals surface area (Å²) in [6.45, 7) is 4.94. The Morgan fingerprint density at radius 3 is 2.44 bits per heavy atom. The number of likely N-dealkylation sites (tertiary alicyclic amines) is 1. The van der Waals surface area contributed by atoms with Crippen molar-refractivity contribution in [3.8, 4) is 5.75 Å². The summed E-state index contributed by atoms with van der Waals surface area (Å²) in [4.78, 5) is 17.9. The van der Waals surface area contributed by atoms with Crippen LogP contribution in [-0.4, -0.2) is 65.3 Å². The predicted octanol–water partition coefficient (Wildman–Crippen LogP) is 4.85. The van der Waals surface area contributed by atoms with E-state index in [1.165, 1.54) is 11.1 Å². The van der Waals surface area contributed by atoms with Crippen LogP contribution in [-0.2, 0) is 13.5 Å². The number of amides is 1. The molecule has 1 unspecified atom stereocenters. The number of hydrogen-bond donors (Lipinski definition) is 0. The third-order valence-electron chi connectivity index (χ3n) is 7.29. The SMILES string of the molecule is COc1ccc(/C=C/CN2CCC(C(Cc3ccccc3)N(C)C(=O)c3cc(C)nn3C)CC2)cc1. The second-order valence-electron chi connectivity index (χ2n) is 9.78. The second-order valence-corrected chi connectivity index (χ2v) is 9.78. The summed E-state index contributed by atoms with van der Waals surface area (Å²) in [5.41, 5.74) is 3.96. The van der Waals surface area contributed by atoms with Crippen LogP contribution in [0.15, 0.2) is 66.7 Å². The number of likely N-dealkylation sites (N-methyl/N-ethyl adjacent to an activating group) is 1. The molecule has 1 aliphatic heterocycles. The Hall–Kier alpha value is -3.38. The van der Waals surface area contributed by atoms with Gasteiger partial charge in [0.1, 0.15) is 11.4 Å². The van der Waals surface area contributed by atoms with Crippen molar-refractivity contribution in [2.45, 2.75) is 32.2 Å². The molecule has 1 fully saturated rings. The quantitative estimate of drug-likeness (QED) is 0.434. The van der Waals surface area contributed by atoms with E-state index < -0.39 is 0 Å². The zero-order chi connectivity index (χ0) is 25.5. The molecule has 4 rings (SSSR count). The molecule has 2 aromatic carbocycles. The van der Waals surface area contributed by atoms with Crippen molar-refractivity contribution in [2.24, 2.45) is 13.0 Å². The molecule has 6 heteroatoms. The minimum atomic E-state index is 0.0453. The molecule has 0 bridgehead atoms. The highest BCUT2D eigenvalue weighted by Crippen LogP contribution is 2.27. The van der Waals surface area contributed by atoms with Crippen LogP contribution in [0.3, 0.4) is 0 Å². The number of aromatic nitrogens is 2. The van der Waals surface area contributed by atoms with Gasteiger partial charge in [0, 0.05) is 26.7 Å². The minimum absolute atomic E-state index is 0.0453. The van der Waals surface area contributed by atoms with Crippen molar-refractivity contribution in [2.75, 3.05) is 33.8 Å². The van der Waals surface area contributed by atoms with Crippen molar-refractivity contribution in [3.05, 3.63) is 89.3 Å². The van der Waals surface area contributed by atoms with Crippen LogP contribution in [0, 0.1) is 12.8 Å². The zero-order valence-corrected chi connectivity index (χ0v) is 21.9. The molecular weight excluding hydrogens is 448 g/mol. The Balaban J connectivity index is 1.40. The number of rotatable bonds is 9. The fourth-order valence-corrected chi connectivity index (χ4v) is 5.19. The van der Waals surface area contributed by atoms with E-state index in [1.807, 2.05) is 50.2 Å². The van der Waals surface area contributed by atoms with Crippen LogP contribution in [0.5, 0.6) is 5.75 Å². The highest BCUT2D eigenvalue weighted by molar-refractivity contribution is 5.92. The Labute approximate surface area is 215 Å². The van der Waals surface area contributed by atoms with E-state index in [0.29, 0.717) is 11.6 Å². The lowest BCUT2D eigenvalue weighted by Gasteiger charge is -2.40. The van der Waals surface area contributed by atoms with E-state index in [0.717, 1.165) is 50.3 Å². The topological polar surface area (TPSA) is 50.6 Å². The summed E-state index contributed by atoms with van der Waals surface area (Å²) in [5.74, 6) is 1.38. The Morgan fingerprint density at radius 1 is 1.14 bits per heavy atom. The number of carbonyl (C=O) groups excluding carboxylic acids is 1. The number of methoxy groups -OCH3 is 1. The molecule has 1 saturated heterocycles.